The quantitative estimate of drug-likeness (QED) is 0.627. The Bertz CT molecular complexity index is 875. The van der Waals surface area contributed by atoms with Gasteiger partial charge in [-0.1, -0.05) is 48.0 Å². The van der Waals surface area contributed by atoms with Crippen LogP contribution in [0.15, 0.2) is 48.5 Å². The third kappa shape index (κ3) is 6.06. The van der Waals surface area contributed by atoms with Crippen LogP contribution in [0.25, 0.3) is 0 Å². The van der Waals surface area contributed by atoms with E-state index in [1.165, 1.54) is 25.1 Å². The van der Waals surface area contributed by atoms with Crippen LogP contribution in [0.4, 0.5) is 4.39 Å². The summed E-state index contributed by atoms with van der Waals surface area (Å²) in [4.78, 5) is 35.7. The molecule has 0 radical (unpaired) electrons. The summed E-state index contributed by atoms with van der Waals surface area (Å²) in [6.45, 7) is 1.22. The molecule has 0 aliphatic rings. The number of hydrogen-bond donors (Lipinski definition) is 3. The van der Waals surface area contributed by atoms with Gasteiger partial charge in [-0.3, -0.25) is 9.59 Å². The Morgan fingerprint density at radius 1 is 0.964 bits per heavy atom. The van der Waals surface area contributed by atoms with Crippen LogP contribution >= 0.6 is 11.6 Å². The maximum atomic E-state index is 13.9. The summed E-state index contributed by atoms with van der Waals surface area (Å²) in [5.41, 5.74) is 0.788. The van der Waals surface area contributed by atoms with Crippen molar-refractivity contribution in [1.29, 1.82) is 0 Å². The van der Waals surface area contributed by atoms with Crippen LogP contribution in [-0.2, 0) is 27.2 Å². The molecule has 0 saturated heterocycles. The summed E-state index contributed by atoms with van der Waals surface area (Å²) in [7, 11) is 0. The van der Waals surface area contributed by atoms with E-state index in [0.717, 1.165) is 0 Å². The fraction of sp³-hybridized carbons (Fsp3) is 0.250. The third-order valence-corrected chi connectivity index (χ3v) is 4.44. The molecule has 0 heterocycles. The fourth-order valence-electron chi connectivity index (χ4n) is 2.69. The summed E-state index contributed by atoms with van der Waals surface area (Å²) in [6, 6.07) is 10.2. The molecule has 0 spiro atoms. The molecule has 2 atom stereocenters. The van der Waals surface area contributed by atoms with Crippen molar-refractivity contribution >= 4 is 29.4 Å². The van der Waals surface area contributed by atoms with Crippen molar-refractivity contribution in [3.8, 4) is 0 Å². The molecule has 0 aliphatic heterocycles. The number of carbonyl (C=O) groups excluding carboxylic acids is 2. The summed E-state index contributed by atoms with van der Waals surface area (Å²) >= 11 is 6.06. The van der Waals surface area contributed by atoms with Crippen LogP contribution in [-0.4, -0.2) is 35.0 Å². The van der Waals surface area contributed by atoms with E-state index in [4.69, 9.17) is 11.6 Å². The van der Waals surface area contributed by atoms with Gasteiger partial charge in [0.25, 0.3) is 0 Å². The highest BCUT2D eigenvalue weighted by Gasteiger charge is 2.27. The highest BCUT2D eigenvalue weighted by molar-refractivity contribution is 6.31. The molecule has 0 unspecified atom stereocenters. The van der Waals surface area contributed by atoms with Crippen LogP contribution in [0.5, 0.6) is 0 Å². The van der Waals surface area contributed by atoms with E-state index in [1.807, 2.05) is 0 Å². The normalized spacial score (nSPS) is 12.7. The van der Waals surface area contributed by atoms with E-state index in [1.54, 1.807) is 30.3 Å². The van der Waals surface area contributed by atoms with Crippen LogP contribution in [0.3, 0.4) is 0 Å². The molecule has 0 fully saturated rings. The van der Waals surface area contributed by atoms with E-state index in [-0.39, 0.29) is 18.4 Å². The first-order valence-electron chi connectivity index (χ1n) is 8.55. The molecule has 0 saturated carbocycles. The largest absolute Gasteiger partial charge is 0.480 e. The van der Waals surface area contributed by atoms with Crippen molar-refractivity contribution in [2.24, 2.45) is 0 Å². The minimum atomic E-state index is -1.26. The Hall–Kier alpha value is -2.93. The summed E-state index contributed by atoms with van der Waals surface area (Å²) < 4.78 is 13.9. The SMILES string of the molecule is CC(=O)N[C@H](Cc1ccccc1F)C(=O)N[C@H](Cc1ccccc1Cl)C(=O)O. The number of nitrogens with one attached hydrogen (secondary N) is 2. The minimum absolute atomic E-state index is 0.0345. The van der Waals surface area contributed by atoms with E-state index in [9.17, 15) is 23.9 Å². The smallest absolute Gasteiger partial charge is 0.326 e. The van der Waals surface area contributed by atoms with Gasteiger partial charge in [-0.15, -0.1) is 0 Å². The molecule has 6 nitrogen and oxygen atoms in total. The molecular formula is C20H20ClFN2O4. The average molecular weight is 407 g/mol. The first kappa shape index (κ1) is 21.4. The van der Waals surface area contributed by atoms with Gasteiger partial charge in [0.1, 0.15) is 17.9 Å². The van der Waals surface area contributed by atoms with E-state index in [0.29, 0.717) is 10.6 Å². The highest BCUT2D eigenvalue weighted by atomic mass is 35.5. The number of benzene rings is 2. The molecule has 28 heavy (non-hydrogen) atoms. The molecule has 3 N–H and O–H groups in total. The second kappa shape index (κ2) is 9.85. The van der Waals surface area contributed by atoms with E-state index in [2.05, 4.69) is 10.6 Å². The van der Waals surface area contributed by atoms with E-state index < -0.39 is 35.7 Å². The van der Waals surface area contributed by atoms with Gasteiger partial charge in [0.05, 0.1) is 0 Å². The van der Waals surface area contributed by atoms with Crippen LogP contribution in [0, 0.1) is 5.82 Å². The molecule has 2 aromatic carbocycles. The highest BCUT2D eigenvalue weighted by Crippen LogP contribution is 2.17. The minimum Gasteiger partial charge on any atom is -0.480 e. The van der Waals surface area contributed by atoms with Crippen molar-refractivity contribution in [2.45, 2.75) is 31.8 Å². The Labute approximate surface area is 166 Å². The van der Waals surface area contributed by atoms with Gasteiger partial charge in [0, 0.05) is 24.8 Å². The summed E-state index contributed by atoms with van der Waals surface area (Å²) in [5.74, 6) is -2.98. The van der Waals surface area contributed by atoms with Gasteiger partial charge in [-0.2, -0.15) is 0 Å². The third-order valence-electron chi connectivity index (χ3n) is 4.07. The maximum Gasteiger partial charge on any atom is 0.326 e. The predicted octanol–water partition coefficient (Wildman–Crippen LogP) is 2.34. The zero-order chi connectivity index (χ0) is 20.7. The number of rotatable bonds is 8. The first-order chi connectivity index (χ1) is 13.3. The second-order valence-corrected chi connectivity index (χ2v) is 6.65. The molecule has 0 aromatic heterocycles. The van der Waals surface area contributed by atoms with Crippen molar-refractivity contribution in [1.82, 2.24) is 10.6 Å². The van der Waals surface area contributed by atoms with Crippen molar-refractivity contribution in [2.75, 3.05) is 0 Å². The Morgan fingerprint density at radius 3 is 2.11 bits per heavy atom. The summed E-state index contributed by atoms with van der Waals surface area (Å²) in [5, 5.41) is 14.7. The fourth-order valence-corrected chi connectivity index (χ4v) is 2.91. The zero-order valence-corrected chi connectivity index (χ0v) is 15.9. The van der Waals surface area contributed by atoms with E-state index >= 15 is 0 Å². The molecule has 0 bridgehead atoms. The first-order valence-corrected chi connectivity index (χ1v) is 8.92. The van der Waals surface area contributed by atoms with Gasteiger partial charge < -0.3 is 15.7 Å². The topological polar surface area (TPSA) is 95.5 Å². The predicted molar refractivity (Wildman–Crippen MR) is 102 cm³/mol. The number of carboxylic acids is 1. The van der Waals surface area contributed by atoms with Gasteiger partial charge in [0.2, 0.25) is 11.8 Å². The lowest BCUT2D eigenvalue weighted by Crippen LogP contribution is -2.52. The second-order valence-electron chi connectivity index (χ2n) is 6.24. The van der Waals surface area contributed by atoms with Crippen molar-refractivity contribution in [3.05, 3.63) is 70.5 Å². The van der Waals surface area contributed by atoms with Gasteiger partial charge >= 0.3 is 5.97 Å². The molecule has 0 aliphatic carbocycles. The zero-order valence-electron chi connectivity index (χ0n) is 15.1. The number of carboxylic acid groups (broad SMARTS) is 1. The lowest BCUT2D eigenvalue weighted by molar-refractivity contribution is -0.142. The number of carbonyl (C=O) groups is 3. The Balaban J connectivity index is 2.17. The number of hydrogen-bond acceptors (Lipinski definition) is 3. The number of halogens is 2. The average Bonchev–Trinajstić information content (AvgIpc) is 2.63. The molecule has 148 valence electrons. The molecular weight excluding hydrogens is 387 g/mol. The Morgan fingerprint density at radius 2 is 1.54 bits per heavy atom. The lowest BCUT2D eigenvalue weighted by Gasteiger charge is -2.21. The molecule has 2 amide bonds. The van der Waals surface area contributed by atoms with Crippen molar-refractivity contribution in [3.63, 3.8) is 0 Å². The number of amides is 2. The maximum absolute atomic E-state index is 13.9. The van der Waals surface area contributed by atoms with Crippen LogP contribution in [0.2, 0.25) is 5.02 Å². The summed E-state index contributed by atoms with van der Waals surface area (Å²) in [6.07, 6.45) is -0.149. The number of aliphatic carboxylic acids is 1. The molecule has 2 rings (SSSR count). The standard InChI is InChI=1S/C20H20ClFN2O4/c1-12(25)23-17(11-14-7-3-5-9-16(14)22)19(26)24-18(20(27)28)10-13-6-2-4-8-15(13)21/h2-9,17-18H,10-11H2,1H3,(H,23,25)(H,24,26)(H,27,28)/t17-,18-/m1/s1. The lowest BCUT2D eigenvalue weighted by atomic mass is 10.0. The van der Waals surface area contributed by atoms with Gasteiger partial charge in [-0.05, 0) is 23.3 Å². The van der Waals surface area contributed by atoms with Crippen LogP contribution < -0.4 is 10.6 Å². The van der Waals surface area contributed by atoms with Gasteiger partial charge in [0.15, 0.2) is 0 Å². The molecule has 2 aromatic rings. The van der Waals surface area contributed by atoms with Crippen LogP contribution in [0.1, 0.15) is 18.1 Å². The van der Waals surface area contributed by atoms with Crippen molar-refractivity contribution < 1.29 is 23.9 Å². The Kier molecular flexibility index (Phi) is 7.52. The molecule has 8 heteroatoms. The van der Waals surface area contributed by atoms with Gasteiger partial charge in [-0.25, -0.2) is 9.18 Å². The monoisotopic (exact) mass is 406 g/mol.